The molecule has 0 aliphatic heterocycles. The molecule has 0 radical (unpaired) electrons. The molecule has 0 bridgehead atoms. The lowest BCUT2D eigenvalue weighted by molar-refractivity contribution is 0.122. The highest BCUT2D eigenvalue weighted by Gasteiger charge is 2.24. The summed E-state index contributed by atoms with van der Waals surface area (Å²) in [7, 11) is 0. The number of aliphatic hydroxyl groups is 1. The minimum atomic E-state index is -0.238. The van der Waals surface area contributed by atoms with Crippen molar-refractivity contribution in [1.82, 2.24) is 15.0 Å². The van der Waals surface area contributed by atoms with Crippen molar-refractivity contribution in [2.24, 2.45) is 0 Å². The lowest BCUT2D eigenvalue weighted by Crippen LogP contribution is -2.18. The molecule has 0 saturated heterocycles. The SMILES string of the molecule is CCCCCc1ncc2c(NCc3ccc(F)cc3)ncc(C3CCC(O)CC3)c2n1. The number of fused-ring (bicyclic) bond motifs is 1. The number of aliphatic hydroxyl groups excluding tert-OH is 1. The standard InChI is InChI=1S/C25H31FN4O/c1-2-3-4-5-23-27-16-22-24(30-23)21(18-8-12-20(31)13-9-18)15-29-25(22)28-14-17-6-10-19(26)11-7-17/h6-7,10-11,15-16,18,20,31H,2-5,8-9,12-14H2,1H3,(H,28,29). The Labute approximate surface area is 183 Å². The minimum Gasteiger partial charge on any atom is -0.393 e. The summed E-state index contributed by atoms with van der Waals surface area (Å²) in [5.41, 5.74) is 3.12. The Hall–Kier alpha value is -2.60. The van der Waals surface area contributed by atoms with Crippen LogP contribution in [0.3, 0.4) is 0 Å². The summed E-state index contributed by atoms with van der Waals surface area (Å²) in [4.78, 5) is 14.3. The third-order valence-corrected chi connectivity index (χ3v) is 6.21. The van der Waals surface area contributed by atoms with Crippen molar-refractivity contribution in [2.45, 2.75) is 76.9 Å². The summed E-state index contributed by atoms with van der Waals surface area (Å²) in [6.45, 7) is 2.75. The summed E-state index contributed by atoms with van der Waals surface area (Å²) in [5, 5.41) is 14.2. The van der Waals surface area contributed by atoms with Crippen molar-refractivity contribution in [3.63, 3.8) is 0 Å². The van der Waals surface area contributed by atoms with Gasteiger partial charge in [0.2, 0.25) is 0 Å². The number of benzene rings is 1. The van der Waals surface area contributed by atoms with Gasteiger partial charge in [0, 0.05) is 30.9 Å². The van der Waals surface area contributed by atoms with Crippen LogP contribution in [0.15, 0.2) is 36.7 Å². The lowest BCUT2D eigenvalue weighted by Gasteiger charge is -2.26. The highest BCUT2D eigenvalue weighted by Crippen LogP contribution is 2.37. The predicted molar refractivity (Wildman–Crippen MR) is 122 cm³/mol. The van der Waals surface area contributed by atoms with Gasteiger partial charge in [-0.25, -0.2) is 19.3 Å². The van der Waals surface area contributed by atoms with Crippen molar-refractivity contribution in [3.8, 4) is 0 Å². The van der Waals surface area contributed by atoms with Crippen LogP contribution in [0.25, 0.3) is 10.9 Å². The third kappa shape index (κ3) is 5.37. The van der Waals surface area contributed by atoms with Gasteiger partial charge in [-0.1, -0.05) is 31.9 Å². The first kappa shape index (κ1) is 21.6. The summed E-state index contributed by atoms with van der Waals surface area (Å²) in [6, 6.07) is 6.48. The molecule has 6 heteroatoms. The van der Waals surface area contributed by atoms with Gasteiger partial charge in [-0.2, -0.15) is 0 Å². The average molecular weight is 423 g/mol. The van der Waals surface area contributed by atoms with Crippen molar-refractivity contribution in [3.05, 3.63) is 59.4 Å². The number of nitrogens with zero attached hydrogens (tertiary/aromatic N) is 3. The molecular formula is C25H31FN4O. The number of hydrogen-bond acceptors (Lipinski definition) is 5. The van der Waals surface area contributed by atoms with E-state index in [1.54, 1.807) is 12.1 Å². The van der Waals surface area contributed by atoms with E-state index in [4.69, 9.17) is 9.97 Å². The van der Waals surface area contributed by atoms with Gasteiger partial charge in [0.15, 0.2) is 0 Å². The zero-order chi connectivity index (χ0) is 21.6. The fourth-order valence-electron chi connectivity index (χ4n) is 4.34. The zero-order valence-electron chi connectivity index (χ0n) is 18.1. The van der Waals surface area contributed by atoms with E-state index in [0.29, 0.717) is 12.5 Å². The van der Waals surface area contributed by atoms with Gasteiger partial charge in [-0.3, -0.25) is 0 Å². The smallest absolute Gasteiger partial charge is 0.137 e. The van der Waals surface area contributed by atoms with Crippen LogP contribution in [0.4, 0.5) is 10.2 Å². The fourth-order valence-corrected chi connectivity index (χ4v) is 4.34. The van der Waals surface area contributed by atoms with Crippen LogP contribution in [0.1, 0.15) is 74.7 Å². The number of hydrogen-bond donors (Lipinski definition) is 2. The van der Waals surface area contributed by atoms with Crippen molar-refractivity contribution < 1.29 is 9.50 Å². The van der Waals surface area contributed by atoms with E-state index in [2.05, 4.69) is 17.2 Å². The number of anilines is 1. The third-order valence-electron chi connectivity index (χ3n) is 6.21. The van der Waals surface area contributed by atoms with Gasteiger partial charge in [0.25, 0.3) is 0 Å². The van der Waals surface area contributed by atoms with E-state index in [1.165, 1.54) is 25.0 Å². The summed E-state index contributed by atoms with van der Waals surface area (Å²) in [6.07, 6.45) is 11.5. The van der Waals surface area contributed by atoms with Crippen LogP contribution >= 0.6 is 0 Å². The number of halogens is 1. The fraction of sp³-hybridized carbons (Fsp3) is 0.480. The number of nitrogens with one attached hydrogen (secondary N) is 1. The van der Waals surface area contributed by atoms with E-state index in [9.17, 15) is 9.50 Å². The van der Waals surface area contributed by atoms with Crippen molar-refractivity contribution >= 4 is 16.7 Å². The molecule has 1 aliphatic rings. The molecule has 2 aromatic heterocycles. The molecule has 0 atom stereocenters. The second-order valence-electron chi connectivity index (χ2n) is 8.55. The number of aryl methyl sites for hydroxylation is 1. The monoisotopic (exact) mass is 422 g/mol. The van der Waals surface area contributed by atoms with Gasteiger partial charge in [-0.15, -0.1) is 0 Å². The summed E-state index contributed by atoms with van der Waals surface area (Å²) >= 11 is 0. The normalized spacial score (nSPS) is 18.9. The first-order valence-corrected chi connectivity index (χ1v) is 11.4. The highest BCUT2D eigenvalue weighted by atomic mass is 19.1. The quantitative estimate of drug-likeness (QED) is 0.467. The molecule has 2 heterocycles. The molecule has 2 N–H and O–H groups in total. The first-order valence-electron chi connectivity index (χ1n) is 11.4. The van der Waals surface area contributed by atoms with Gasteiger partial charge in [-0.05, 0) is 55.7 Å². The Kier molecular flexibility index (Phi) is 7.07. The van der Waals surface area contributed by atoms with Crippen LogP contribution in [-0.2, 0) is 13.0 Å². The Morgan fingerprint density at radius 1 is 1.03 bits per heavy atom. The Bertz CT molecular complexity index is 1000. The molecule has 1 aliphatic carbocycles. The molecule has 0 amide bonds. The minimum absolute atomic E-state index is 0.189. The average Bonchev–Trinajstić information content (AvgIpc) is 2.79. The molecule has 1 aromatic carbocycles. The Morgan fingerprint density at radius 3 is 2.55 bits per heavy atom. The summed E-state index contributed by atoms with van der Waals surface area (Å²) < 4.78 is 13.2. The van der Waals surface area contributed by atoms with Crippen molar-refractivity contribution in [2.75, 3.05) is 5.32 Å². The molecule has 31 heavy (non-hydrogen) atoms. The van der Waals surface area contributed by atoms with E-state index in [1.807, 2.05) is 12.4 Å². The molecule has 1 fully saturated rings. The predicted octanol–water partition coefficient (Wildman–Crippen LogP) is 5.53. The number of unbranched alkanes of at least 4 members (excludes halogenated alkanes) is 2. The second kappa shape index (κ2) is 10.1. The number of rotatable bonds is 8. The maximum Gasteiger partial charge on any atom is 0.137 e. The summed E-state index contributed by atoms with van der Waals surface area (Å²) in [5.74, 6) is 1.76. The van der Waals surface area contributed by atoms with Crippen LogP contribution in [-0.4, -0.2) is 26.2 Å². The zero-order valence-corrected chi connectivity index (χ0v) is 18.1. The maximum atomic E-state index is 13.2. The van der Waals surface area contributed by atoms with E-state index < -0.39 is 0 Å². The Balaban J connectivity index is 1.63. The Morgan fingerprint density at radius 2 is 1.81 bits per heavy atom. The van der Waals surface area contributed by atoms with Gasteiger partial charge >= 0.3 is 0 Å². The maximum absolute atomic E-state index is 13.2. The molecular weight excluding hydrogens is 391 g/mol. The van der Waals surface area contributed by atoms with E-state index >= 15 is 0 Å². The van der Waals surface area contributed by atoms with Crippen LogP contribution in [0, 0.1) is 5.82 Å². The molecule has 0 unspecified atom stereocenters. The largest absolute Gasteiger partial charge is 0.393 e. The lowest BCUT2D eigenvalue weighted by atomic mass is 9.82. The van der Waals surface area contributed by atoms with Crippen LogP contribution in [0.2, 0.25) is 0 Å². The molecule has 164 valence electrons. The molecule has 4 rings (SSSR count). The molecule has 1 saturated carbocycles. The van der Waals surface area contributed by atoms with Gasteiger partial charge < -0.3 is 10.4 Å². The molecule has 5 nitrogen and oxygen atoms in total. The number of aromatic nitrogens is 3. The van der Waals surface area contributed by atoms with Crippen LogP contribution in [0.5, 0.6) is 0 Å². The van der Waals surface area contributed by atoms with Gasteiger partial charge in [0.05, 0.1) is 17.0 Å². The molecule has 0 spiro atoms. The van der Waals surface area contributed by atoms with Crippen molar-refractivity contribution in [1.29, 1.82) is 0 Å². The second-order valence-corrected chi connectivity index (χ2v) is 8.55. The topological polar surface area (TPSA) is 70.9 Å². The van der Waals surface area contributed by atoms with Gasteiger partial charge in [0.1, 0.15) is 17.5 Å². The van der Waals surface area contributed by atoms with Crippen LogP contribution < -0.4 is 5.32 Å². The van der Waals surface area contributed by atoms with E-state index in [-0.39, 0.29) is 11.9 Å². The highest BCUT2D eigenvalue weighted by molar-refractivity contribution is 5.91. The molecule has 3 aromatic rings. The first-order chi connectivity index (χ1) is 15.1. The van der Waals surface area contributed by atoms with E-state index in [0.717, 1.165) is 72.2 Å². The number of pyridine rings is 1.